The SMILES string of the molecule is C=C1CSCC(OCCN(C)C=CC=C(C(C)=O)C(C)=O)CSC1. The minimum absolute atomic E-state index is 0.208. The lowest BCUT2D eigenvalue weighted by Gasteiger charge is -2.22. The molecule has 134 valence electrons. The van der Waals surface area contributed by atoms with Gasteiger partial charge in [-0.15, -0.1) is 0 Å². The lowest BCUT2D eigenvalue weighted by atomic mass is 10.1. The van der Waals surface area contributed by atoms with E-state index in [0.717, 1.165) is 29.6 Å². The summed E-state index contributed by atoms with van der Waals surface area (Å²) in [5.41, 5.74) is 1.53. The fourth-order valence-corrected chi connectivity index (χ4v) is 4.31. The number of Topliss-reactive ketones (excluding diaryl/α,β-unsaturated/α-hetero) is 2. The van der Waals surface area contributed by atoms with Crippen LogP contribution in [-0.4, -0.2) is 65.8 Å². The van der Waals surface area contributed by atoms with Gasteiger partial charge in [-0.25, -0.2) is 0 Å². The van der Waals surface area contributed by atoms with Crippen LogP contribution < -0.4 is 0 Å². The Morgan fingerprint density at radius 1 is 1.25 bits per heavy atom. The standard InChI is InChI=1S/C18H27NO3S2/c1-14-10-23-12-17(13-24-11-14)22-9-8-19(4)7-5-6-18(15(2)20)16(3)21/h5-7,17H,1,8-13H2,2-4H3. The van der Waals surface area contributed by atoms with Gasteiger partial charge in [-0.1, -0.05) is 12.2 Å². The first-order valence-electron chi connectivity index (χ1n) is 7.94. The number of hydrogen-bond donors (Lipinski definition) is 0. The van der Waals surface area contributed by atoms with Crippen molar-refractivity contribution in [2.75, 3.05) is 43.2 Å². The summed E-state index contributed by atoms with van der Waals surface area (Å²) < 4.78 is 5.96. The van der Waals surface area contributed by atoms with Gasteiger partial charge < -0.3 is 9.64 Å². The number of ketones is 2. The number of ether oxygens (including phenoxy) is 1. The molecule has 24 heavy (non-hydrogen) atoms. The van der Waals surface area contributed by atoms with Gasteiger partial charge in [0.05, 0.1) is 18.3 Å². The Balaban J connectivity index is 2.32. The zero-order valence-electron chi connectivity index (χ0n) is 14.7. The first-order valence-corrected chi connectivity index (χ1v) is 10.3. The van der Waals surface area contributed by atoms with Gasteiger partial charge in [0.1, 0.15) is 0 Å². The van der Waals surface area contributed by atoms with Crippen LogP contribution in [0.2, 0.25) is 0 Å². The number of carbonyl (C=O) groups is 2. The number of carbonyl (C=O) groups excluding carboxylic acids is 2. The van der Waals surface area contributed by atoms with Crippen molar-refractivity contribution in [1.29, 1.82) is 0 Å². The van der Waals surface area contributed by atoms with E-state index in [1.54, 1.807) is 12.2 Å². The molecule has 0 bridgehead atoms. The molecule has 0 unspecified atom stereocenters. The van der Waals surface area contributed by atoms with E-state index in [9.17, 15) is 9.59 Å². The highest BCUT2D eigenvalue weighted by molar-refractivity contribution is 8.01. The maximum Gasteiger partial charge on any atom is 0.163 e. The molecule has 0 aromatic rings. The Labute approximate surface area is 153 Å². The van der Waals surface area contributed by atoms with Gasteiger partial charge in [0.15, 0.2) is 11.6 Å². The smallest absolute Gasteiger partial charge is 0.163 e. The summed E-state index contributed by atoms with van der Waals surface area (Å²) in [6.07, 6.45) is 5.43. The maximum absolute atomic E-state index is 11.3. The van der Waals surface area contributed by atoms with Crippen LogP contribution in [0.25, 0.3) is 0 Å². The van der Waals surface area contributed by atoms with Crippen molar-refractivity contribution in [1.82, 2.24) is 4.90 Å². The summed E-state index contributed by atoms with van der Waals surface area (Å²) in [6.45, 7) is 8.27. The third kappa shape index (κ3) is 8.76. The number of thioether (sulfide) groups is 2. The van der Waals surface area contributed by atoms with Gasteiger partial charge >= 0.3 is 0 Å². The highest BCUT2D eigenvalue weighted by atomic mass is 32.2. The normalized spacial score (nSPS) is 16.5. The summed E-state index contributed by atoms with van der Waals surface area (Å²) in [5, 5.41) is 0. The molecule has 0 N–H and O–H groups in total. The molecule has 0 aromatic heterocycles. The van der Waals surface area contributed by atoms with Gasteiger partial charge in [0, 0.05) is 36.6 Å². The highest BCUT2D eigenvalue weighted by Crippen LogP contribution is 2.20. The third-order valence-electron chi connectivity index (χ3n) is 3.38. The van der Waals surface area contributed by atoms with E-state index in [1.807, 2.05) is 41.7 Å². The molecule has 1 aliphatic rings. The highest BCUT2D eigenvalue weighted by Gasteiger charge is 2.13. The summed E-state index contributed by atoms with van der Waals surface area (Å²) in [4.78, 5) is 24.6. The Morgan fingerprint density at radius 2 is 1.83 bits per heavy atom. The molecule has 0 aromatic carbocycles. The fraction of sp³-hybridized carbons (Fsp3) is 0.556. The Bertz CT molecular complexity index is 486. The van der Waals surface area contributed by atoms with Crippen molar-refractivity contribution in [3.63, 3.8) is 0 Å². The number of allylic oxidation sites excluding steroid dienone is 3. The molecule has 6 heteroatoms. The fourth-order valence-electron chi connectivity index (χ4n) is 2.06. The number of likely N-dealkylation sites (N-methyl/N-ethyl adjacent to an activating group) is 1. The Hall–Kier alpha value is -0.980. The molecule has 1 saturated heterocycles. The lowest BCUT2D eigenvalue weighted by Crippen LogP contribution is -2.26. The van der Waals surface area contributed by atoms with Crippen LogP contribution in [0.3, 0.4) is 0 Å². The quantitative estimate of drug-likeness (QED) is 0.216. The first-order chi connectivity index (χ1) is 11.4. The summed E-state index contributed by atoms with van der Waals surface area (Å²) in [7, 11) is 1.94. The number of nitrogens with zero attached hydrogens (tertiary/aromatic N) is 1. The molecule has 0 atom stereocenters. The average molecular weight is 370 g/mol. The van der Waals surface area contributed by atoms with Crippen LogP contribution >= 0.6 is 23.5 Å². The van der Waals surface area contributed by atoms with E-state index in [-0.39, 0.29) is 23.2 Å². The molecule has 0 radical (unpaired) electrons. The van der Waals surface area contributed by atoms with Crippen LogP contribution in [0, 0.1) is 0 Å². The van der Waals surface area contributed by atoms with Crippen molar-refractivity contribution in [3.05, 3.63) is 36.1 Å². The Kier molecular flexibility index (Phi) is 10.1. The van der Waals surface area contributed by atoms with Gasteiger partial charge in [-0.2, -0.15) is 23.5 Å². The van der Waals surface area contributed by atoms with Crippen LogP contribution in [0.5, 0.6) is 0 Å². The number of hydrogen-bond acceptors (Lipinski definition) is 6. The summed E-state index contributed by atoms with van der Waals surface area (Å²) in [5.74, 6) is 3.65. The number of rotatable bonds is 8. The zero-order chi connectivity index (χ0) is 17.9. The van der Waals surface area contributed by atoms with Crippen LogP contribution in [0.15, 0.2) is 36.1 Å². The maximum atomic E-state index is 11.3. The van der Waals surface area contributed by atoms with E-state index >= 15 is 0 Å². The molecule has 0 aliphatic carbocycles. The van der Waals surface area contributed by atoms with E-state index in [4.69, 9.17) is 4.74 Å². The molecule has 4 nitrogen and oxygen atoms in total. The largest absolute Gasteiger partial charge is 0.378 e. The second-order valence-corrected chi connectivity index (χ2v) is 7.85. The molecular weight excluding hydrogens is 342 g/mol. The zero-order valence-corrected chi connectivity index (χ0v) is 16.4. The van der Waals surface area contributed by atoms with Gasteiger partial charge in [-0.05, 0) is 32.2 Å². The van der Waals surface area contributed by atoms with Crippen molar-refractivity contribution in [2.45, 2.75) is 20.0 Å². The second-order valence-electron chi connectivity index (χ2n) is 5.79. The van der Waals surface area contributed by atoms with E-state index in [1.165, 1.54) is 19.4 Å². The van der Waals surface area contributed by atoms with Gasteiger partial charge in [0.2, 0.25) is 0 Å². The summed E-state index contributed by atoms with van der Waals surface area (Å²) in [6, 6.07) is 0. The Morgan fingerprint density at radius 3 is 2.38 bits per heavy atom. The average Bonchev–Trinajstić information content (AvgIpc) is 2.48. The van der Waals surface area contributed by atoms with E-state index in [0.29, 0.717) is 6.61 Å². The van der Waals surface area contributed by atoms with Gasteiger partial charge in [0.25, 0.3) is 0 Å². The van der Waals surface area contributed by atoms with Crippen molar-refractivity contribution in [3.8, 4) is 0 Å². The van der Waals surface area contributed by atoms with Crippen molar-refractivity contribution >= 4 is 35.1 Å². The minimum atomic E-state index is -0.208. The summed E-state index contributed by atoms with van der Waals surface area (Å²) >= 11 is 3.78. The first kappa shape index (κ1) is 21.1. The lowest BCUT2D eigenvalue weighted by molar-refractivity contribution is -0.119. The third-order valence-corrected chi connectivity index (χ3v) is 5.82. The van der Waals surface area contributed by atoms with E-state index < -0.39 is 0 Å². The molecule has 1 fully saturated rings. The van der Waals surface area contributed by atoms with Gasteiger partial charge in [-0.3, -0.25) is 9.59 Å². The molecule has 1 heterocycles. The molecular formula is C18H27NO3S2. The monoisotopic (exact) mass is 369 g/mol. The molecule has 0 saturated carbocycles. The topological polar surface area (TPSA) is 46.6 Å². The predicted octanol–water partition coefficient (Wildman–Crippen LogP) is 2.96. The van der Waals surface area contributed by atoms with Crippen LogP contribution in [-0.2, 0) is 14.3 Å². The molecule has 1 rings (SSSR count). The molecule has 1 aliphatic heterocycles. The minimum Gasteiger partial charge on any atom is -0.378 e. The molecule has 0 amide bonds. The van der Waals surface area contributed by atoms with Crippen LogP contribution in [0.1, 0.15) is 13.8 Å². The van der Waals surface area contributed by atoms with E-state index in [2.05, 4.69) is 6.58 Å². The predicted molar refractivity (Wildman–Crippen MR) is 105 cm³/mol. The van der Waals surface area contributed by atoms with Crippen molar-refractivity contribution < 1.29 is 14.3 Å². The van der Waals surface area contributed by atoms with Crippen molar-refractivity contribution in [2.24, 2.45) is 0 Å². The van der Waals surface area contributed by atoms with Crippen LogP contribution in [0.4, 0.5) is 0 Å². The molecule has 0 spiro atoms. The second kappa shape index (κ2) is 11.6.